The Balaban J connectivity index is 1.61. The maximum Gasteiger partial charge on any atom is 0.182 e. The number of fused-ring (bicyclic) bond motifs is 1. The zero-order valence-corrected chi connectivity index (χ0v) is 13.7. The van der Waals surface area contributed by atoms with Crippen LogP contribution >= 0.6 is 0 Å². The van der Waals surface area contributed by atoms with Gasteiger partial charge in [0, 0.05) is 11.8 Å². The van der Waals surface area contributed by atoms with Crippen LogP contribution in [0, 0.1) is 5.82 Å². The van der Waals surface area contributed by atoms with E-state index in [0.717, 1.165) is 5.39 Å². The van der Waals surface area contributed by atoms with Crippen molar-refractivity contribution in [3.05, 3.63) is 59.8 Å². The van der Waals surface area contributed by atoms with E-state index >= 15 is 0 Å². The third-order valence-corrected chi connectivity index (χ3v) is 4.63. The maximum absolute atomic E-state index is 14.0. The van der Waals surface area contributed by atoms with Crippen molar-refractivity contribution in [2.45, 2.75) is 25.0 Å². The Kier molecular flexibility index (Phi) is 3.17. The number of pyridine rings is 1. The van der Waals surface area contributed by atoms with Crippen LogP contribution in [-0.4, -0.2) is 35.1 Å². The quantitative estimate of drug-likeness (QED) is 0.589. The van der Waals surface area contributed by atoms with E-state index < -0.39 is 5.60 Å². The minimum atomic E-state index is -0.918. The van der Waals surface area contributed by atoms with Gasteiger partial charge in [-0.2, -0.15) is 10.2 Å². The Labute approximate surface area is 147 Å². The predicted octanol–water partition coefficient (Wildman–Crippen LogP) is 2.39. The van der Waals surface area contributed by atoms with E-state index in [1.807, 2.05) is 12.1 Å². The molecule has 0 bridgehead atoms. The van der Waals surface area contributed by atoms with Crippen LogP contribution in [0.5, 0.6) is 0 Å². The maximum atomic E-state index is 14.0. The first-order valence-electron chi connectivity index (χ1n) is 8.35. The summed E-state index contributed by atoms with van der Waals surface area (Å²) in [5, 5.41) is 22.5. The topological polar surface area (TPSA) is 92.5 Å². The molecule has 1 aromatic carbocycles. The summed E-state index contributed by atoms with van der Waals surface area (Å²) in [6, 6.07) is 10.3. The molecule has 0 aliphatic heterocycles. The molecule has 1 aliphatic rings. The Hall–Kier alpha value is -3.13. The summed E-state index contributed by atoms with van der Waals surface area (Å²) in [5.74, 6) is 0.561. The van der Waals surface area contributed by atoms with Gasteiger partial charge in [-0.15, -0.1) is 0 Å². The largest absolute Gasteiger partial charge is 0.382 e. The Morgan fingerprint density at radius 1 is 1.19 bits per heavy atom. The van der Waals surface area contributed by atoms with Crippen LogP contribution in [0.4, 0.5) is 4.39 Å². The standard InChI is InChI=1S/C18H15FN6O/c19-13-6-2-1-4-11(13)10-25-16-12(5-3-9-20-16)14(24-25)15-21-17(23-22-15)18(26)7-8-18/h1-6,9,26H,7-8,10H2,(H,21,22,23). The van der Waals surface area contributed by atoms with E-state index in [0.29, 0.717) is 41.4 Å². The lowest BCUT2D eigenvalue weighted by Crippen LogP contribution is -2.06. The number of benzene rings is 1. The number of H-pyrrole nitrogens is 1. The van der Waals surface area contributed by atoms with Gasteiger partial charge in [0.25, 0.3) is 0 Å². The van der Waals surface area contributed by atoms with E-state index in [1.165, 1.54) is 6.07 Å². The minimum absolute atomic E-state index is 0.255. The van der Waals surface area contributed by atoms with E-state index in [9.17, 15) is 9.50 Å². The highest BCUT2D eigenvalue weighted by Crippen LogP contribution is 2.43. The molecule has 1 fully saturated rings. The molecule has 0 amide bonds. The summed E-state index contributed by atoms with van der Waals surface area (Å²) in [5.41, 5.74) is 0.819. The predicted molar refractivity (Wildman–Crippen MR) is 91.5 cm³/mol. The zero-order valence-electron chi connectivity index (χ0n) is 13.7. The number of aromatic amines is 1. The Bertz CT molecular complexity index is 1110. The van der Waals surface area contributed by atoms with Crippen molar-refractivity contribution in [1.29, 1.82) is 0 Å². The molecule has 0 atom stereocenters. The van der Waals surface area contributed by atoms with Crippen LogP contribution in [0.15, 0.2) is 42.6 Å². The number of aliphatic hydroxyl groups is 1. The molecule has 3 aromatic heterocycles. The third kappa shape index (κ3) is 2.38. The van der Waals surface area contributed by atoms with Crippen LogP contribution < -0.4 is 0 Å². The summed E-state index contributed by atoms with van der Waals surface area (Å²) in [6.45, 7) is 0.255. The Morgan fingerprint density at radius 3 is 2.85 bits per heavy atom. The molecule has 0 saturated heterocycles. The SMILES string of the molecule is OC1(c2n[nH]c(-c3nn(Cc4ccccc4F)c4ncccc34)n2)CC1. The van der Waals surface area contributed by atoms with E-state index in [-0.39, 0.29) is 12.4 Å². The molecule has 1 saturated carbocycles. The number of aromatic nitrogens is 6. The zero-order chi connectivity index (χ0) is 17.7. The fourth-order valence-electron chi connectivity index (χ4n) is 3.00. The van der Waals surface area contributed by atoms with Gasteiger partial charge in [0.15, 0.2) is 17.3 Å². The van der Waals surface area contributed by atoms with Crippen LogP contribution in [0.2, 0.25) is 0 Å². The lowest BCUT2D eigenvalue weighted by atomic mass is 10.2. The molecule has 0 radical (unpaired) electrons. The van der Waals surface area contributed by atoms with Gasteiger partial charge in [-0.25, -0.2) is 19.0 Å². The van der Waals surface area contributed by atoms with Gasteiger partial charge >= 0.3 is 0 Å². The molecular weight excluding hydrogens is 335 g/mol. The average molecular weight is 350 g/mol. The van der Waals surface area contributed by atoms with Crippen molar-refractivity contribution in [1.82, 2.24) is 29.9 Å². The summed E-state index contributed by atoms with van der Waals surface area (Å²) in [7, 11) is 0. The number of rotatable bonds is 4. The van der Waals surface area contributed by atoms with Crippen molar-refractivity contribution in [3.8, 4) is 11.5 Å². The van der Waals surface area contributed by atoms with Gasteiger partial charge < -0.3 is 5.11 Å². The Morgan fingerprint density at radius 2 is 2.04 bits per heavy atom. The van der Waals surface area contributed by atoms with E-state index in [4.69, 9.17) is 0 Å². The van der Waals surface area contributed by atoms with Gasteiger partial charge in [-0.05, 0) is 31.0 Å². The molecule has 26 heavy (non-hydrogen) atoms. The summed E-state index contributed by atoms with van der Waals surface area (Å²) >= 11 is 0. The molecular formula is C18H15FN6O. The normalized spacial score (nSPS) is 15.5. The van der Waals surface area contributed by atoms with Crippen molar-refractivity contribution in [3.63, 3.8) is 0 Å². The third-order valence-electron chi connectivity index (χ3n) is 4.63. The van der Waals surface area contributed by atoms with Crippen molar-refractivity contribution in [2.75, 3.05) is 0 Å². The highest BCUT2D eigenvalue weighted by Gasteiger charge is 2.46. The van der Waals surface area contributed by atoms with Gasteiger partial charge in [0.2, 0.25) is 0 Å². The second-order valence-corrected chi connectivity index (χ2v) is 6.51. The fourth-order valence-corrected chi connectivity index (χ4v) is 3.00. The molecule has 4 aromatic rings. The molecule has 2 N–H and O–H groups in total. The minimum Gasteiger partial charge on any atom is -0.382 e. The number of nitrogens with one attached hydrogen (secondary N) is 1. The molecule has 5 rings (SSSR count). The second-order valence-electron chi connectivity index (χ2n) is 6.51. The van der Waals surface area contributed by atoms with Crippen LogP contribution in [0.3, 0.4) is 0 Å². The number of hydrogen-bond donors (Lipinski definition) is 2. The van der Waals surface area contributed by atoms with Crippen molar-refractivity contribution < 1.29 is 9.50 Å². The van der Waals surface area contributed by atoms with Crippen LogP contribution in [-0.2, 0) is 12.1 Å². The van der Waals surface area contributed by atoms with Crippen LogP contribution in [0.1, 0.15) is 24.2 Å². The van der Waals surface area contributed by atoms with Crippen molar-refractivity contribution in [2.24, 2.45) is 0 Å². The molecule has 3 heterocycles. The van der Waals surface area contributed by atoms with Crippen LogP contribution in [0.25, 0.3) is 22.6 Å². The molecule has 130 valence electrons. The van der Waals surface area contributed by atoms with Crippen molar-refractivity contribution >= 4 is 11.0 Å². The second kappa shape index (κ2) is 5.43. The highest BCUT2D eigenvalue weighted by molar-refractivity contribution is 5.89. The average Bonchev–Trinajstić information content (AvgIpc) is 3.09. The molecule has 8 heteroatoms. The first-order valence-corrected chi connectivity index (χ1v) is 8.35. The summed E-state index contributed by atoms with van der Waals surface area (Å²) < 4.78 is 15.7. The number of hydrogen-bond acceptors (Lipinski definition) is 5. The lowest BCUT2D eigenvalue weighted by molar-refractivity contribution is 0.141. The van der Waals surface area contributed by atoms with Gasteiger partial charge in [0.05, 0.1) is 11.9 Å². The first kappa shape index (κ1) is 15.2. The van der Waals surface area contributed by atoms with Gasteiger partial charge in [0.1, 0.15) is 17.1 Å². The smallest absolute Gasteiger partial charge is 0.182 e. The molecule has 1 aliphatic carbocycles. The lowest BCUT2D eigenvalue weighted by Gasteiger charge is -2.04. The fraction of sp³-hybridized carbons (Fsp3) is 0.222. The summed E-state index contributed by atoms with van der Waals surface area (Å²) in [6.07, 6.45) is 2.99. The van der Waals surface area contributed by atoms with Gasteiger partial charge in [-0.3, -0.25) is 5.10 Å². The summed E-state index contributed by atoms with van der Waals surface area (Å²) in [4.78, 5) is 8.80. The molecule has 0 spiro atoms. The molecule has 7 nitrogen and oxygen atoms in total. The highest BCUT2D eigenvalue weighted by atomic mass is 19.1. The van der Waals surface area contributed by atoms with Gasteiger partial charge in [-0.1, -0.05) is 18.2 Å². The van der Waals surface area contributed by atoms with E-state index in [1.54, 1.807) is 29.1 Å². The first-order chi connectivity index (χ1) is 12.6. The monoisotopic (exact) mass is 350 g/mol. The number of halogens is 1. The number of nitrogens with zero attached hydrogens (tertiary/aromatic N) is 5. The molecule has 0 unspecified atom stereocenters. The van der Waals surface area contributed by atoms with E-state index in [2.05, 4.69) is 25.3 Å².